The summed E-state index contributed by atoms with van der Waals surface area (Å²) < 4.78 is 1.13. The molecule has 0 spiro atoms. The first-order valence-electron chi connectivity index (χ1n) is 4.47. The monoisotopic (exact) mass is 277 g/mol. The molecule has 1 nitrogen and oxygen atoms in total. The fraction of sp³-hybridized carbons (Fsp3) is 0.0833. The summed E-state index contributed by atoms with van der Waals surface area (Å²) in [4.78, 5) is 2.45. The van der Waals surface area contributed by atoms with Crippen molar-refractivity contribution < 1.29 is 0 Å². The van der Waals surface area contributed by atoms with Gasteiger partial charge in [0, 0.05) is 14.2 Å². The number of hydrogen-bond donors (Lipinski definition) is 0. The number of nitriles is 1. The molecule has 74 valence electrons. The van der Waals surface area contributed by atoms with Crippen LogP contribution in [0.3, 0.4) is 0 Å². The highest BCUT2D eigenvalue weighted by Gasteiger charge is 2.05. The van der Waals surface area contributed by atoms with Crippen molar-refractivity contribution in [2.45, 2.75) is 6.92 Å². The zero-order chi connectivity index (χ0) is 10.8. The molecule has 1 aromatic heterocycles. The van der Waals surface area contributed by atoms with E-state index >= 15 is 0 Å². The molecule has 1 heterocycles. The van der Waals surface area contributed by atoms with Crippen LogP contribution in [0.25, 0.3) is 10.4 Å². The molecule has 0 radical (unpaired) electrons. The van der Waals surface area contributed by atoms with Crippen LogP contribution in [-0.4, -0.2) is 0 Å². The molecule has 0 N–H and O–H groups in total. The van der Waals surface area contributed by atoms with Gasteiger partial charge in [-0.2, -0.15) is 5.26 Å². The third kappa shape index (κ3) is 2.11. The van der Waals surface area contributed by atoms with Gasteiger partial charge in [-0.25, -0.2) is 0 Å². The lowest BCUT2D eigenvalue weighted by atomic mass is 10.1. The largest absolute Gasteiger partial charge is 0.192 e. The molecule has 2 aromatic rings. The zero-order valence-electron chi connectivity index (χ0n) is 8.12. The maximum atomic E-state index is 8.81. The van der Waals surface area contributed by atoms with E-state index in [1.165, 1.54) is 9.75 Å². The normalized spacial score (nSPS) is 9.93. The summed E-state index contributed by atoms with van der Waals surface area (Å²) in [7, 11) is 0. The summed E-state index contributed by atoms with van der Waals surface area (Å²) in [5.41, 5.74) is 1.81. The third-order valence-electron chi connectivity index (χ3n) is 2.13. The number of nitrogens with zero attached hydrogens (tertiary/aromatic N) is 1. The van der Waals surface area contributed by atoms with Crippen molar-refractivity contribution in [3.05, 3.63) is 45.2 Å². The standard InChI is InChI=1S/C12H8BrNS/c1-8-11(13)6-12(15-8)10-4-2-3-9(5-10)7-14/h2-6H,1H3. The van der Waals surface area contributed by atoms with Gasteiger partial charge in [0.25, 0.3) is 0 Å². The Morgan fingerprint density at radius 1 is 1.33 bits per heavy atom. The van der Waals surface area contributed by atoms with Crippen molar-refractivity contribution >= 4 is 27.3 Å². The van der Waals surface area contributed by atoms with Gasteiger partial charge in [-0.1, -0.05) is 12.1 Å². The molecule has 0 bridgehead atoms. The van der Waals surface area contributed by atoms with Crippen molar-refractivity contribution in [1.29, 1.82) is 5.26 Å². The Morgan fingerprint density at radius 3 is 2.73 bits per heavy atom. The van der Waals surface area contributed by atoms with Crippen molar-refractivity contribution in [2.75, 3.05) is 0 Å². The molecule has 3 heteroatoms. The average Bonchev–Trinajstić information content (AvgIpc) is 2.59. The topological polar surface area (TPSA) is 23.8 Å². The Balaban J connectivity index is 2.50. The van der Waals surface area contributed by atoms with Crippen LogP contribution >= 0.6 is 27.3 Å². The van der Waals surface area contributed by atoms with Gasteiger partial charge in [0.15, 0.2) is 0 Å². The van der Waals surface area contributed by atoms with Crippen molar-refractivity contribution in [2.24, 2.45) is 0 Å². The molecule has 2 rings (SSSR count). The lowest BCUT2D eigenvalue weighted by Gasteiger charge is -1.96. The van der Waals surface area contributed by atoms with E-state index < -0.39 is 0 Å². The summed E-state index contributed by atoms with van der Waals surface area (Å²) in [5.74, 6) is 0. The van der Waals surface area contributed by atoms with Gasteiger partial charge < -0.3 is 0 Å². The van der Waals surface area contributed by atoms with E-state index in [1.54, 1.807) is 11.3 Å². The number of hydrogen-bond acceptors (Lipinski definition) is 2. The molecule has 0 fully saturated rings. The third-order valence-corrected chi connectivity index (χ3v) is 4.32. The van der Waals surface area contributed by atoms with Gasteiger partial charge in [0.05, 0.1) is 11.6 Å². The van der Waals surface area contributed by atoms with Gasteiger partial charge in [-0.15, -0.1) is 11.3 Å². The van der Waals surface area contributed by atoms with Crippen LogP contribution in [0.15, 0.2) is 34.8 Å². The molecular formula is C12H8BrNS. The van der Waals surface area contributed by atoms with Crippen molar-refractivity contribution in [3.8, 4) is 16.5 Å². The molecule has 0 saturated heterocycles. The molecule has 0 aliphatic carbocycles. The second-order valence-electron chi connectivity index (χ2n) is 3.21. The average molecular weight is 278 g/mol. The minimum atomic E-state index is 0.703. The number of benzene rings is 1. The fourth-order valence-corrected chi connectivity index (χ4v) is 2.88. The number of thiophene rings is 1. The Labute approximate surface area is 101 Å². The molecule has 0 aliphatic rings. The first kappa shape index (κ1) is 10.4. The molecule has 0 aliphatic heterocycles. The number of halogens is 1. The van der Waals surface area contributed by atoms with E-state index in [1.807, 2.05) is 24.3 Å². The van der Waals surface area contributed by atoms with Crippen molar-refractivity contribution in [1.82, 2.24) is 0 Å². The molecular weight excluding hydrogens is 270 g/mol. The molecule has 0 amide bonds. The van der Waals surface area contributed by atoms with E-state index in [4.69, 9.17) is 5.26 Å². The highest BCUT2D eigenvalue weighted by Crippen LogP contribution is 2.34. The van der Waals surface area contributed by atoms with Gasteiger partial charge in [-0.05, 0) is 46.6 Å². The quantitative estimate of drug-likeness (QED) is 0.760. The predicted molar refractivity (Wildman–Crippen MR) is 66.9 cm³/mol. The highest BCUT2D eigenvalue weighted by atomic mass is 79.9. The lowest BCUT2D eigenvalue weighted by Crippen LogP contribution is -1.75. The summed E-state index contributed by atoms with van der Waals surface area (Å²) in [6.07, 6.45) is 0. The van der Waals surface area contributed by atoms with Crippen LogP contribution in [0.5, 0.6) is 0 Å². The van der Waals surface area contributed by atoms with Gasteiger partial charge in [-0.3, -0.25) is 0 Å². The van der Waals surface area contributed by atoms with E-state index in [2.05, 4.69) is 35.0 Å². The molecule has 0 unspecified atom stereocenters. The predicted octanol–water partition coefficient (Wildman–Crippen LogP) is 4.36. The smallest absolute Gasteiger partial charge is 0.0991 e. The Hall–Kier alpha value is -1.11. The van der Waals surface area contributed by atoms with Gasteiger partial charge in [0.2, 0.25) is 0 Å². The van der Waals surface area contributed by atoms with Crippen LogP contribution in [0, 0.1) is 18.3 Å². The molecule has 15 heavy (non-hydrogen) atoms. The van der Waals surface area contributed by atoms with E-state index in [0.29, 0.717) is 5.56 Å². The van der Waals surface area contributed by atoms with Gasteiger partial charge in [0.1, 0.15) is 0 Å². The van der Waals surface area contributed by atoms with E-state index in [9.17, 15) is 0 Å². The first-order valence-corrected chi connectivity index (χ1v) is 6.08. The Kier molecular flexibility index (Phi) is 2.90. The molecule has 0 atom stereocenters. The lowest BCUT2D eigenvalue weighted by molar-refractivity contribution is 1.49. The maximum Gasteiger partial charge on any atom is 0.0991 e. The van der Waals surface area contributed by atoms with Gasteiger partial charge >= 0.3 is 0 Å². The minimum Gasteiger partial charge on any atom is -0.192 e. The van der Waals surface area contributed by atoms with E-state index in [0.717, 1.165) is 10.0 Å². The van der Waals surface area contributed by atoms with E-state index in [-0.39, 0.29) is 0 Å². The number of rotatable bonds is 1. The fourth-order valence-electron chi connectivity index (χ4n) is 1.34. The summed E-state index contributed by atoms with van der Waals surface area (Å²) in [5, 5.41) is 8.81. The van der Waals surface area contributed by atoms with Crippen LogP contribution in [0.4, 0.5) is 0 Å². The Morgan fingerprint density at radius 2 is 2.13 bits per heavy atom. The molecule has 1 aromatic carbocycles. The van der Waals surface area contributed by atoms with Crippen LogP contribution in [0.2, 0.25) is 0 Å². The number of aryl methyl sites for hydroxylation is 1. The second kappa shape index (κ2) is 4.18. The highest BCUT2D eigenvalue weighted by molar-refractivity contribution is 9.10. The summed E-state index contributed by atoms with van der Waals surface area (Å²) in [6, 6.07) is 11.9. The van der Waals surface area contributed by atoms with Crippen LogP contribution in [0.1, 0.15) is 10.4 Å². The second-order valence-corrected chi connectivity index (χ2v) is 5.32. The van der Waals surface area contributed by atoms with Crippen LogP contribution < -0.4 is 0 Å². The summed E-state index contributed by atoms with van der Waals surface area (Å²) in [6.45, 7) is 2.08. The minimum absolute atomic E-state index is 0.703. The zero-order valence-corrected chi connectivity index (χ0v) is 10.5. The van der Waals surface area contributed by atoms with Crippen LogP contribution in [-0.2, 0) is 0 Å². The summed E-state index contributed by atoms with van der Waals surface area (Å²) >= 11 is 5.22. The molecule has 0 saturated carbocycles. The maximum absolute atomic E-state index is 8.81. The first-order chi connectivity index (χ1) is 7.20. The SMILES string of the molecule is Cc1sc(-c2cccc(C#N)c2)cc1Br. The van der Waals surface area contributed by atoms with Crippen molar-refractivity contribution in [3.63, 3.8) is 0 Å². The Bertz CT molecular complexity index is 517.